The van der Waals surface area contributed by atoms with Crippen molar-refractivity contribution in [3.05, 3.63) is 0 Å². The molecule has 1 atom stereocenters. The monoisotopic (exact) mass is 240 g/mol. The van der Waals surface area contributed by atoms with Crippen LogP contribution in [0, 0.1) is 5.92 Å². The molecule has 0 amide bonds. The van der Waals surface area contributed by atoms with Gasteiger partial charge in [0.25, 0.3) is 5.97 Å². The van der Waals surface area contributed by atoms with Crippen LogP contribution in [0.2, 0.25) is 0 Å². The van der Waals surface area contributed by atoms with Gasteiger partial charge in [-0.3, -0.25) is 9.69 Å². The molecule has 1 rings (SSSR count). The summed E-state index contributed by atoms with van der Waals surface area (Å²) in [6, 6.07) is 0. The van der Waals surface area contributed by atoms with E-state index in [9.17, 15) is 4.79 Å². The average molecular weight is 240 g/mol. The number of unbranched alkanes of at least 4 members (excludes halogenated alkanes) is 1. The van der Waals surface area contributed by atoms with Gasteiger partial charge in [-0.1, -0.05) is 19.8 Å². The highest BCUT2D eigenvalue weighted by Gasteiger charge is 2.23. The number of nitrogens with zero attached hydrogens (tertiary/aromatic N) is 2. The van der Waals surface area contributed by atoms with Crippen LogP contribution in [0.4, 0.5) is 0 Å². The van der Waals surface area contributed by atoms with Crippen LogP contribution in [0.25, 0.3) is 0 Å². The predicted molar refractivity (Wildman–Crippen MR) is 71.6 cm³/mol. The zero-order valence-electron chi connectivity index (χ0n) is 11.4. The molecule has 0 bridgehead atoms. The van der Waals surface area contributed by atoms with Gasteiger partial charge in [0.1, 0.15) is 0 Å². The number of carbonyl (C=O) groups excluding carboxylic acids is 1. The van der Waals surface area contributed by atoms with Crippen LogP contribution < -0.4 is 0 Å². The van der Waals surface area contributed by atoms with E-state index in [1.165, 1.54) is 8.05 Å². The van der Waals surface area contributed by atoms with Crippen molar-refractivity contribution in [3.8, 4) is 0 Å². The van der Waals surface area contributed by atoms with E-state index in [0.29, 0.717) is 0 Å². The van der Waals surface area contributed by atoms with Gasteiger partial charge < -0.3 is 9.55 Å². The molecule has 1 unspecified atom stereocenters. The van der Waals surface area contributed by atoms with Gasteiger partial charge >= 0.3 is 8.05 Å². The largest absolute Gasteiger partial charge is 0.543 e. The molecule has 0 aromatic heterocycles. The molecule has 1 fully saturated rings. The predicted octanol–water partition coefficient (Wildman–Crippen LogP) is 0.132. The maximum absolute atomic E-state index is 11.7. The van der Waals surface area contributed by atoms with Gasteiger partial charge in [0.15, 0.2) is 0 Å². The Morgan fingerprint density at radius 3 is 2.53 bits per heavy atom. The molecule has 0 aliphatic carbocycles. The second-order valence-electron chi connectivity index (χ2n) is 4.97. The number of carbonyl (C=O) groups is 1. The van der Waals surface area contributed by atoms with E-state index in [2.05, 4.69) is 23.8 Å². The number of hydrogen-bond acceptors (Lipinski definition) is 4. The molecule has 1 heterocycles. The third-order valence-electron chi connectivity index (χ3n) is 3.52. The molecule has 0 N–H and O–H groups in total. The Labute approximate surface area is 106 Å². The van der Waals surface area contributed by atoms with Gasteiger partial charge in [-0.15, -0.1) is 0 Å². The molecular formula is C12H25BN2O2. The normalized spacial score (nSPS) is 20.1. The van der Waals surface area contributed by atoms with Crippen molar-refractivity contribution in [1.29, 1.82) is 0 Å². The van der Waals surface area contributed by atoms with Crippen LogP contribution in [-0.4, -0.2) is 63.6 Å². The van der Waals surface area contributed by atoms with Crippen molar-refractivity contribution in [1.82, 2.24) is 9.80 Å². The number of hydrogen-bond donors (Lipinski definition) is 0. The second kappa shape index (κ2) is 7.72. The van der Waals surface area contributed by atoms with Crippen molar-refractivity contribution in [2.45, 2.75) is 26.2 Å². The Kier molecular flexibility index (Phi) is 6.59. The van der Waals surface area contributed by atoms with Gasteiger partial charge in [-0.05, 0) is 13.5 Å². The summed E-state index contributed by atoms with van der Waals surface area (Å²) < 4.78 is 4.90. The van der Waals surface area contributed by atoms with Crippen molar-refractivity contribution < 1.29 is 9.45 Å². The van der Waals surface area contributed by atoms with E-state index >= 15 is 0 Å². The van der Waals surface area contributed by atoms with Crippen LogP contribution in [-0.2, 0) is 9.45 Å². The highest BCUT2D eigenvalue weighted by Crippen LogP contribution is 2.13. The first-order valence-corrected chi connectivity index (χ1v) is 6.66. The molecular weight excluding hydrogens is 215 g/mol. The van der Waals surface area contributed by atoms with Crippen LogP contribution in [0.15, 0.2) is 0 Å². The SMILES string of the molecule is BOC(=O)C(CCCC)CN1CCN(C)CC1. The molecule has 0 saturated carbocycles. The highest BCUT2D eigenvalue weighted by molar-refractivity contribution is 6.05. The van der Waals surface area contributed by atoms with Gasteiger partial charge in [0, 0.05) is 32.7 Å². The minimum Gasteiger partial charge on any atom is -0.543 e. The zero-order chi connectivity index (χ0) is 12.7. The third-order valence-corrected chi connectivity index (χ3v) is 3.52. The lowest BCUT2D eigenvalue weighted by molar-refractivity contribution is -0.139. The summed E-state index contributed by atoms with van der Waals surface area (Å²) in [6.45, 7) is 7.35. The van der Waals surface area contributed by atoms with Gasteiger partial charge in [-0.2, -0.15) is 0 Å². The first-order valence-electron chi connectivity index (χ1n) is 6.66. The number of piperazine rings is 1. The Bertz CT molecular complexity index is 231. The van der Waals surface area contributed by atoms with Gasteiger partial charge in [-0.25, -0.2) is 0 Å². The maximum Gasteiger partial charge on any atom is 0.325 e. The average Bonchev–Trinajstić information content (AvgIpc) is 2.36. The Balaban J connectivity index is 2.39. The molecule has 5 heteroatoms. The fraction of sp³-hybridized carbons (Fsp3) is 0.917. The van der Waals surface area contributed by atoms with Crippen molar-refractivity contribution >= 4 is 14.0 Å². The Morgan fingerprint density at radius 1 is 1.35 bits per heavy atom. The van der Waals surface area contributed by atoms with Crippen molar-refractivity contribution in [2.75, 3.05) is 39.8 Å². The van der Waals surface area contributed by atoms with Crippen LogP contribution >= 0.6 is 0 Å². The highest BCUT2D eigenvalue weighted by atomic mass is 16.5. The zero-order valence-corrected chi connectivity index (χ0v) is 11.4. The van der Waals surface area contributed by atoms with E-state index in [-0.39, 0.29) is 11.9 Å². The van der Waals surface area contributed by atoms with E-state index in [0.717, 1.165) is 52.0 Å². The third kappa shape index (κ3) is 5.09. The molecule has 1 aliphatic heterocycles. The van der Waals surface area contributed by atoms with Gasteiger partial charge in [0.2, 0.25) is 0 Å². The number of likely N-dealkylation sites (N-methyl/N-ethyl adjacent to an activating group) is 1. The quantitative estimate of drug-likeness (QED) is 0.618. The summed E-state index contributed by atoms with van der Waals surface area (Å²) in [7, 11) is 3.64. The lowest BCUT2D eigenvalue weighted by atomic mass is 10.0. The van der Waals surface area contributed by atoms with E-state index in [1.807, 2.05) is 0 Å². The van der Waals surface area contributed by atoms with E-state index in [4.69, 9.17) is 4.65 Å². The van der Waals surface area contributed by atoms with Crippen LogP contribution in [0.1, 0.15) is 26.2 Å². The summed E-state index contributed by atoms with van der Waals surface area (Å²) in [4.78, 5) is 16.4. The van der Waals surface area contributed by atoms with Crippen LogP contribution in [0.5, 0.6) is 0 Å². The molecule has 0 aromatic rings. The minimum absolute atomic E-state index is 0.0441. The summed E-state index contributed by atoms with van der Waals surface area (Å²) in [5.41, 5.74) is 0. The molecule has 0 aromatic carbocycles. The minimum atomic E-state index is -0.0441. The summed E-state index contributed by atoms with van der Waals surface area (Å²) in [6.07, 6.45) is 3.19. The summed E-state index contributed by atoms with van der Waals surface area (Å²) in [5, 5.41) is 0. The Hall–Kier alpha value is -0.545. The molecule has 1 saturated heterocycles. The smallest absolute Gasteiger partial charge is 0.325 e. The topological polar surface area (TPSA) is 32.8 Å². The summed E-state index contributed by atoms with van der Waals surface area (Å²) in [5.74, 6) is 0.0146. The van der Waals surface area contributed by atoms with E-state index < -0.39 is 0 Å². The fourth-order valence-corrected chi connectivity index (χ4v) is 2.24. The van der Waals surface area contributed by atoms with Crippen molar-refractivity contribution in [2.24, 2.45) is 5.92 Å². The molecule has 98 valence electrons. The fourth-order valence-electron chi connectivity index (χ4n) is 2.24. The van der Waals surface area contributed by atoms with Crippen molar-refractivity contribution in [3.63, 3.8) is 0 Å². The molecule has 0 spiro atoms. The second-order valence-corrected chi connectivity index (χ2v) is 4.97. The molecule has 1 aliphatic rings. The van der Waals surface area contributed by atoms with Crippen LogP contribution in [0.3, 0.4) is 0 Å². The maximum atomic E-state index is 11.7. The molecule has 17 heavy (non-hydrogen) atoms. The first-order chi connectivity index (χ1) is 8.17. The number of rotatable bonds is 6. The molecule has 4 nitrogen and oxygen atoms in total. The lowest BCUT2D eigenvalue weighted by Gasteiger charge is -2.34. The molecule has 0 radical (unpaired) electrons. The van der Waals surface area contributed by atoms with E-state index in [1.54, 1.807) is 0 Å². The standard InChI is InChI=1S/C12H25BN2O2/c1-3-4-5-11(12(16)17-13)10-15-8-6-14(2)7-9-15/h11H,3-10,13H2,1-2H3. The lowest BCUT2D eigenvalue weighted by Crippen LogP contribution is -2.47. The Morgan fingerprint density at radius 2 is 2.00 bits per heavy atom. The first kappa shape index (κ1) is 14.5. The van der Waals surface area contributed by atoms with Gasteiger partial charge in [0.05, 0.1) is 5.92 Å². The summed E-state index contributed by atoms with van der Waals surface area (Å²) >= 11 is 0.